The van der Waals surface area contributed by atoms with Gasteiger partial charge < -0.3 is 10.1 Å². The number of rotatable bonds is 6. The molecule has 0 unspecified atom stereocenters. The highest BCUT2D eigenvalue weighted by atomic mass is 16.5. The molecule has 0 aliphatic rings. The smallest absolute Gasteiger partial charge is 0.119 e. The van der Waals surface area contributed by atoms with Crippen LogP contribution in [0, 0.1) is 0 Å². The first-order chi connectivity index (χ1) is 7.27. The van der Waals surface area contributed by atoms with Crippen molar-refractivity contribution in [1.29, 1.82) is 0 Å². The minimum atomic E-state index is 0.398. The van der Waals surface area contributed by atoms with Crippen molar-refractivity contribution in [1.82, 2.24) is 5.32 Å². The van der Waals surface area contributed by atoms with Gasteiger partial charge in [-0.2, -0.15) is 0 Å². The van der Waals surface area contributed by atoms with E-state index in [1.807, 2.05) is 19.2 Å². The molecule has 2 nitrogen and oxygen atoms in total. The van der Waals surface area contributed by atoms with Crippen LogP contribution in [0.25, 0.3) is 0 Å². The fourth-order valence-electron chi connectivity index (χ4n) is 1.35. The SMILES string of the molecule is CCCCOc1ccc([C@@H](C)NC)cc1. The summed E-state index contributed by atoms with van der Waals surface area (Å²) < 4.78 is 5.59. The van der Waals surface area contributed by atoms with Crippen LogP contribution in [-0.4, -0.2) is 13.7 Å². The van der Waals surface area contributed by atoms with Gasteiger partial charge in [0.25, 0.3) is 0 Å². The zero-order chi connectivity index (χ0) is 11.1. The second-order valence-electron chi connectivity index (χ2n) is 3.78. The van der Waals surface area contributed by atoms with Crippen molar-refractivity contribution in [3.8, 4) is 5.75 Å². The summed E-state index contributed by atoms with van der Waals surface area (Å²) in [6, 6.07) is 8.71. The van der Waals surface area contributed by atoms with E-state index in [4.69, 9.17) is 4.74 Å². The van der Waals surface area contributed by atoms with E-state index in [1.165, 1.54) is 12.0 Å². The van der Waals surface area contributed by atoms with Crippen molar-refractivity contribution in [2.24, 2.45) is 0 Å². The normalized spacial score (nSPS) is 12.5. The molecule has 2 heteroatoms. The fourth-order valence-corrected chi connectivity index (χ4v) is 1.35. The second-order valence-corrected chi connectivity index (χ2v) is 3.78. The molecule has 0 aliphatic heterocycles. The lowest BCUT2D eigenvalue weighted by Gasteiger charge is -2.11. The van der Waals surface area contributed by atoms with Gasteiger partial charge in [0.15, 0.2) is 0 Å². The number of unbranched alkanes of at least 4 members (excludes halogenated alkanes) is 1. The Kier molecular flexibility index (Phi) is 5.19. The molecule has 0 radical (unpaired) electrons. The van der Waals surface area contributed by atoms with Crippen LogP contribution in [0.15, 0.2) is 24.3 Å². The highest BCUT2D eigenvalue weighted by Gasteiger charge is 2.01. The van der Waals surface area contributed by atoms with Crippen LogP contribution < -0.4 is 10.1 Å². The molecule has 15 heavy (non-hydrogen) atoms. The van der Waals surface area contributed by atoms with Gasteiger partial charge in [0.1, 0.15) is 5.75 Å². The molecule has 1 aromatic carbocycles. The fraction of sp³-hybridized carbons (Fsp3) is 0.538. The van der Waals surface area contributed by atoms with Gasteiger partial charge in [0.05, 0.1) is 6.61 Å². The van der Waals surface area contributed by atoms with Crippen molar-refractivity contribution in [2.75, 3.05) is 13.7 Å². The first-order valence-corrected chi connectivity index (χ1v) is 5.68. The summed E-state index contributed by atoms with van der Waals surface area (Å²) >= 11 is 0. The third-order valence-electron chi connectivity index (χ3n) is 2.58. The maximum Gasteiger partial charge on any atom is 0.119 e. The Morgan fingerprint density at radius 2 is 1.93 bits per heavy atom. The number of nitrogens with one attached hydrogen (secondary N) is 1. The molecule has 0 spiro atoms. The standard InChI is InChI=1S/C13H21NO/c1-4-5-10-15-13-8-6-12(7-9-13)11(2)14-3/h6-9,11,14H,4-5,10H2,1-3H3/t11-/m1/s1. The van der Waals surface area contributed by atoms with E-state index in [0.29, 0.717) is 6.04 Å². The van der Waals surface area contributed by atoms with E-state index in [-0.39, 0.29) is 0 Å². The monoisotopic (exact) mass is 207 g/mol. The molecular formula is C13H21NO. The molecule has 0 saturated carbocycles. The van der Waals surface area contributed by atoms with Crippen molar-refractivity contribution < 1.29 is 4.74 Å². The molecule has 0 aromatic heterocycles. The molecule has 1 aromatic rings. The predicted molar refractivity (Wildman–Crippen MR) is 64.3 cm³/mol. The number of benzene rings is 1. The largest absolute Gasteiger partial charge is 0.494 e. The lowest BCUT2D eigenvalue weighted by Crippen LogP contribution is -2.11. The molecule has 1 atom stereocenters. The van der Waals surface area contributed by atoms with E-state index < -0.39 is 0 Å². The summed E-state index contributed by atoms with van der Waals surface area (Å²) in [5.74, 6) is 0.968. The molecule has 0 bridgehead atoms. The maximum atomic E-state index is 5.59. The molecule has 0 amide bonds. The lowest BCUT2D eigenvalue weighted by molar-refractivity contribution is 0.309. The van der Waals surface area contributed by atoms with E-state index in [0.717, 1.165) is 18.8 Å². The molecular weight excluding hydrogens is 186 g/mol. The number of hydrogen-bond acceptors (Lipinski definition) is 2. The minimum Gasteiger partial charge on any atom is -0.494 e. The maximum absolute atomic E-state index is 5.59. The summed E-state index contributed by atoms with van der Waals surface area (Å²) in [6.07, 6.45) is 2.30. The second kappa shape index (κ2) is 6.46. The average Bonchev–Trinajstić information content (AvgIpc) is 2.29. The Hall–Kier alpha value is -1.02. The average molecular weight is 207 g/mol. The van der Waals surface area contributed by atoms with Gasteiger partial charge >= 0.3 is 0 Å². The quantitative estimate of drug-likeness (QED) is 0.723. The summed E-state index contributed by atoms with van der Waals surface area (Å²) in [5, 5.41) is 3.21. The number of ether oxygens (including phenoxy) is 1. The van der Waals surface area contributed by atoms with Crippen LogP contribution in [0.3, 0.4) is 0 Å². The van der Waals surface area contributed by atoms with Gasteiger partial charge in [-0.15, -0.1) is 0 Å². The summed E-state index contributed by atoms with van der Waals surface area (Å²) in [6.45, 7) is 5.13. The van der Waals surface area contributed by atoms with Crippen molar-refractivity contribution in [3.05, 3.63) is 29.8 Å². The molecule has 1 N–H and O–H groups in total. The van der Waals surface area contributed by atoms with E-state index in [1.54, 1.807) is 0 Å². The molecule has 0 saturated heterocycles. The van der Waals surface area contributed by atoms with Gasteiger partial charge in [-0.05, 0) is 38.1 Å². The van der Waals surface area contributed by atoms with Gasteiger partial charge in [-0.25, -0.2) is 0 Å². The molecule has 1 rings (SSSR count). The summed E-state index contributed by atoms with van der Waals surface area (Å²) in [5.41, 5.74) is 1.29. The molecule has 0 fully saturated rings. The molecule has 0 aliphatic carbocycles. The van der Waals surface area contributed by atoms with E-state index in [2.05, 4.69) is 31.3 Å². The van der Waals surface area contributed by atoms with Crippen LogP contribution >= 0.6 is 0 Å². The lowest BCUT2D eigenvalue weighted by atomic mass is 10.1. The van der Waals surface area contributed by atoms with Crippen LogP contribution in [0.2, 0.25) is 0 Å². The van der Waals surface area contributed by atoms with Gasteiger partial charge in [0, 0.05) is 6.04 Å². The Bertz CT molecular complexity index is 268. The Morgan fingerprint density at radius 3 is 2.47 bits per heavy atom. The van der Waals surface area contributed by atoms with Gasteiger partial charge in [-0.3, -0.25) is 0 Å². The van der Waals surface area contributed by atoms with Crippen LogP contribution in [0.5, 0.6) is 5.75 Å². The van der Waals surface area contributed by atoms with E-state index in [9.17, 15) is 0 Å². The van der Waals surface area contributed by atoms with Crippen LogP contribution in [0.1, 0.15) is 38.3 Å². The third kappa shape index (κ3) is 3.92. The summed E-state index contributed by atoms with van der Waals surface area (Å²) in [7, 11) is 1.97. The first kappa shape index (κ1) is 12.1. The highest BCUT2D eigenvalue weighted by Crippen LogP contribution is 2.17. The first-order valence-electron chi connectivity index (χ1n) is 5.68. The third-order valence-corrected chi connectivity index (χ3v) is 2.58. The van der Waals surface area contributed by atoms with Crippen molar-refractivity contribution >= 4 is 0 Å². The zero-order valence-electron chi connectivity index (χ0n) is 9.92. The topological polar surface area (TPSA) is 21.3 Å². The summed E-state index contributed by atoms with van der Waals surface area (Å²) in [4.78, 5) is 0. The van der Waals surface area contributed by atoms with Crippen LogP contribution in [0.4, 0.5) is 0 Å². The Labute approximate surface area is 92.6 Å². The Morgan fingerprint density at radius 1 is 1.27 bits per heavy atom. The van der Waals surface area contributed by atoms with Gasteiger partial charge in [0.2, 0.25) is 0 Å². The van der Waals surface area contributed by atoms with Crippen molar-refractivity contribution in [3.63, 3.8) is 0 Å². The molecule has 84 valence electrons. The Balaban J connectivity index is 2.49. The minimum absolute atomic E-state index is 0.398. The highest BCUT2D eigenvalue weighted by molar-refractivity contribution is 5.28. The van der Waals surface area contributed by atoms with Gasteiger partial charge in [-0.1, -0.05) is 25.5 Å². The predicted octanol–water partition coefficient (Wildman–Crippen LogP) is 3.15. The van der Waals surface area contributed by atoms with Crippen molar-refractivity contribution in [2.45, 2.75) is 32.7 Å². The molecule has 0 heterocycles. The van der Waals surface area contributed by atoms with Crippen LogP contribution in [-0.2, 0) is 0 Å². The number of hydrogen-bond donors (Lipinski definition) is 1. The zero-order valence-corrected chi connectivity index (χ0v) is 9.92. The van der Waals surface area contributed by atoms with E-state index >= 15 is 0 Å².